The number of guanidine groups is 1. The molecule has 1 aromatic rings. The number of nitrogens with one attached hydrogen (secondary N) is 1. The van der Waals surface area contributed by atoms with E-state index in [0.29, 0.717) is 17.9 Å². The number of thiazole rings is 1. The first kappa shape index (κ1) is 12.3. The molecule has 0 saturated heterocycles. The maximum atomic E-state index is 5.99. The third kappa shape index (κ3) is 3.17. The van der Waals surface area contributed by atoms with Crippen LogP contribution in [0.4, 0.5) is 5.13 Å². The molecule has 0 bridgehead atoms. The Morgan fingerprint density at radius 3 is 3.12 bits per heavy atom. The van der Waals surface area contributed by atoms with Crippen LogP contribution in [0.1, 0.15) is 37.3 Å². The Bertz CT molecular complexity index is 400. The number of aliphatic imine (C=N–C) groups is 1. The van der Waals surface area contributed by atoms with Crippen LogP contribution in [0.25, 0.3) is 0 Å². The first-order chi connectivity index (χ1) is 8.19. The summed E-state index contributed by atoms with van der Waals surface area (Å²) in [6.07, 6.45) is 4.57. The zero-order valence-electron chi connectivity index (χ0n) is 10.0. The molecule has 0 amide bonds. The molecule has 5 nitrogen and oxygen atoms in total. The molecule has 0 spiro atoms. The summed E-state index contributed by atoms with van der Waals surface area (Å²) in [5.74, 6) is 0.900. The van der Waals surface area contributed by atoms with Gasteiger partial charge in [-0.05, 0) is 19.3 Å². The minimum absolute atomic E-state index is 0.328. The third-order valence-corrected chi connectivity index (χ3v) is 3.91. The maximum absolute atomic E-state index is 5.99. The van der Waals surface area contributed by atoms with Crippen molar-refractivity contribution in [1.82, 2.24) is 4.98 Å². The van der Waals surface area contributed by atoms with Gasteiger partial charge in [0.15, 0.2) is 11.1 Å². The molecule has 5 N–H and O–H groups in total. The maximum Gasteiger partial charge on any atom is 0.194 e. The number of hydrogen-bond donors (Lipinski definition) is 3. The van der Waals surface area contributed by atoms with E-state index in [2.05, 4.69) is 20.7 Å². The summed E-state index contributed by atoms with van der Waals surface area (Å²) in [6.45, 7) is 0. The molecule has 0 aromatic carbocycles. The molecular formula is C11H19N5S. The lowest BCUT2D eigenvalue weighted by atomic mass is 9.84. The quantitative estimate of drug-likeness (QED) is 0.550. The molecule has 1 aromatic heterocycles. The standard InChI is InChI=1S/C11H19N5S/c1-14-10(13)16-11-15-9(6-17-11)7-3-2-4-8(12)5-7/h6-8H,2-5,12H2,1H3,(H3,13,14,15,16). The molecule has 0 aliphatic heterocycles. The molecule has 2 rings (SSSR count). The summed E-state index contributed by atoms with van der Waals surface area (Å²) in [6, 6.07) is 0.328. The lowest BCUT2D eigenvalue weighted by Crippen LogP contribution is -2.27. The molecule has 1 fully saturated rings. The Hall–Kier alpha value is -1.14. The second-order valence-corrected chi connectivity index (χ2v) is 5.29. The third-order valence-electron chi connectivity index (χ3n) is 3.13. The fraction of sp³-hybridized carbons (Fsp3) is 0.636. The van der Waals surface area contributed by atoms with Crippen molar-refractivity contribution in [2.24, 2.45) is 16.5 Å². The van der Waals surface area contributed by atoms with Crippen LogP contribution in [-0.2, 0) is 0 Å². The minimum Gasteiger partial charge on any atom is -0.370 e. The van der Waals surface area contributed by atoms with Gasteiger partial charge in [0.2, 0.25) is 0 Å². The average Bonchev–Trinajstić information content (AvgIpc) is 2.77. The molecule has 1 heterocycles. The Balaban J connectivity index is 2.02. The van der Waals surface area contributed by atoms with Gasteiger partial charge in [-0.1, -0.05) is 6.42 Å². The van der Waals surface area contributed by atoms with Gasteiger partial charge in [0.1, 0.15) is 0 Å². The van der Waals surface area contributed by atoms with Crippen molar-refractivity contribution in [3.8, 4) is 0 Å². The minimum atomic E-state index is 0.328. The Kier molecular flexibility index (Phi) is 3.96. The highest BCUT2D eigenvalue weighted by atomic mass is 32.1. The first-order valence-corrected chi connectivity index (χ1v) is 6.77. The van der Waals surface area contributed by atoms with E-state index in [1.807, 2.05) is 0 Å². The first-order valence-electron chi connectivity index (χ1n) is 5.89. The Labute approximate surface area is 105 Å². The van der Waals surface area contributed by atoms with Gasteiger partial charge in [-0.15, -0.1) is 11.3 Å². The van der Waals surface area contributed by atoms with Crippen molar-refractivity contribution in [1.29, 1.82) is 0 Å². The van der Waals surface area contributed by atoms with Gasteiger partial charge in [-0.2, -0.15) is 0 Å². The van der Waals surface area contributed by atoms with Crippen LogP contribution in [-0.4, -0.2) is 24.0 Å². The summed E-state index contributed by atoms with van der Waals surface area (Å²) in [5.41, 5.74) is 12.7. The van der Waals surface area contributed by atoms with Gasteiger partial charge in [0.25, 0.3) is 0 Å². The zero-order chi connectivity index (χ0) is 12.3. The second kappa shape index (κ2) is 5.46. The number of anilines is 1. The summed E-state index contributed by atoms with van der Waals surface area (Å²) in [5, 5.41) is 5.87. The van der Waals surface area contributed by atoms with Crippen molar-refractivity contribution in [3.05, 3.63) is 11.1 Å². The van der Waals surface area contributed by atoms with Gasteiger partial charge >= 0.3 is 0 Å². The largest absolute Gasteiger partial charge is 0.370 e. The van der Waals surface area contributed by atoms with Gasteiger partial charge in [0, 0.05) is 24.4 Å². The predicted molar refractivity (Wildman–Crippen MR) is 72.5 cm³/mol. The van der Waals surface area contributed by atoms with Crippen LogP contribution in [0, 0.1) is 0 Å². The highest BCUT2D eigenvalue weighted by Gasteiger charge is 2.22. The van der Waals surface area contributed by atoms with E-state index >= 15 is 0 Å². The van der Waals surface area contributed by atoms with E-state index < -0.39 is 0 Å². The van der Waals surface area contributed by atoms with E-state index in [4.69, 9.17) is 11.5 Å². The van der Waals surface area contributed by atoms with E-state index in [1.54, 1.807) is 18.4 Å². The molecule has 6 heteroatoms. The van der Waals surface area contributed by atoms with Gasteiger partial charge in [-0.25, -0.2) is 4.98 Å². The van der Waals surface area contributed by atoms with Crippen LogP contribution in [0.2, 0.25) is 0 Å². The van der Waals surface area contributed by atoms with Crippen LogP contribution in [0.5, 0.6) is 0 Å². The summed E-state index contributed by atoms with van der Waals surface area (Å²) < 4.78 is 0. The molecule has 2 atom stereocenters. The highest BCUT2D eigenvalue weighted by Crippen LogP contribution is 2.33. The van der Waals surface area contributed by atoms with Crippen LogP contribution < -0.4 is 16.8 Å². The van der Waals surface area contributed by atoms with Crippen molar-refractivity contribution in [2.45, 2.75) is 37.6 Å². The van der Waals surface area contributed by atoms with Gasteiger partial charge in [-0.3, -0.25) is 4.99 Å². The average molecular weight is 253 g/mol. The molecule has 0 radical (unpaired) electrons. The molecule has 1 saturated carbocycles. The van der Waals surface area contributed by atoms with Gasteiger partial charge < -0.3 is 16.8 Å². The van der Waals surface area contributed by atoms with Crippen LogP contribution in [0.3, 0.4) is 0 Å². The SMILES string of the molecule is CN=C(N)Nc1nc(C2CCCC(N)C2)cs1. The fourth-order valence-electron chi connectivity index (χ4n) is 2.19. The van der Waals surface area contributed by atoms with E-state index in [-0.39, 0.29) is 0 Å². The molecule has 94 valence electrons. The number of nitrogens with zero attached hydrogens (tertiary/aromatic N) is 2. The zero-order valence-corrected chi connectivity index (χ0v) is 10.8. The van der Waals surface area contributed by atoms with Crippen molar-refractivity contribution in [2.75, 3.05) is 12.4 Å². The van der Waals surface area contributed by atoms with E-state index in [1.165, 1.54) is 12.8 Å². The van der Waals surface area contributed by atoms with E-state index in [0.717, 1.165) is 23.7 Å². The van der Waals surface area contributed by atoms with Crippen LogP contribution >= 0.6 is 11.3 Å². The molecule has 1 aliphatic carbocycles. The summed E-state index contributed by atoms with van der Waals surface area (Å²) in [4.78, 5) is 8.39. The lowest BCUT2D eigenvalue weighted by Gasteiger charge is -2.25. The van der Waals surface area contributed by atoms with Crippen LogP contribution in [0.15, 0.2) is 10.4 Å². The normalized spacial score (nSPS) is 25.9. The summed E-state index contributed by atoms with van der Waals surface area (Å²) >= 11 is 1.56. The van der Waals surface area contributed by atoms with Crippen molar-refractivity contribution in [3.63, 3.8) is 0 Å². The Morgan fingerprint density at radius 1 is 1.59 bits per heavy atom. The van der Waals surface area contributed by atoms with E-state index in [9.17, 15) is 0 Å². The highest BCUT2D eigenvalue weighted by molar-refractivity contribution is 7.13. The van der Waals surface area contributed by atoms with Crippen molar-refractivity contribution < 1.29 is 0 Å². The smallest absolute Gasteiger partial charge is 0.194 e. The second-order valence-electron chi connectivity index (χ2n) is 4.43. The summed E-state index contributed by atoms with van der Waals surface area (Å²) in [7, 11) is 1.65. The molecule has 1 aliphatic rings. The number of hydrogen-bond acceptors (Lipinski definition) is 4. The molecule has 2 unspecified atom stereocenters. The number of nitrogens with two attached hydrogens (primary N) is 2. The predicted octanol–water partition coefficient (Wildman–Crippen LogP) is 1.48. The van der Waals surface area contributed by atoms with Gasteiger partial charge in [0.05, 0.1) is 5.69 Å². The molecule has 17 heavy (non-hydrogen) atoms. The van der Waals surface area contributed by atoms with Crippen molar-refractivity contribution >= 4 is 22.4 Å². The lowest BCUT2D eigenvalue weighted by molar-refractivity contribution is 0.389. The molecular weight excluding hydrogens is 234 g/mol. The topological polar surface area (TPSA) is 89.3 Å². The Morgan fingerprint density at radius 2 is 2.41 bits per heavy atom. The number of rotatable bonds is 2. The number of aromatic nitrogens is 1. The fourth-order valence-corrected chi connectivity index (χ4v) is 2.99. The monoisotopic (exact) mass is 253 g/mol.